The van der Waals surface area contributed by atoms with Gasteiger partial charge in [-0.25, -0.2) is 0 Å². The number of rotatable bonds is 7. The van der Waals surface area contributed by atoms with Crippen LogP contribution >= 0.6 is 0 Å². The summed E-state index contributed by atoms with van der Waals surface area (Å²) in [4.78, 5) is 18.3. The molecule has 0 spiro atoms. The molecule has 0 fully saturated rings. The third-order valence-electron chi connectivity index (χ3n) is 3.80. The minimum Gasteiger partial charge on any atom is -0.354 e. The highest BCUT2D eigenvalue weighted by Gasteiger charge is 2.12. The monoisotopic (exact) mass is 285 g/mol. The number of pyridine rings is 1. The first kappa shape index (κ1) is 15.3. The molecule has 0 N–H and O–H groups in total. The number of nitrogens with zero attached hydrogens (tertiary/aromatic N) is 3. The Morgan fingerprint density at radius 1 is 1.24 bits per heavy atom. The van der Waals surface area contributed by atoms with Crippen LogP contribution in [-0.2, 0) is 24.7 Å². The fourth-order valence-electron chi connectivity index (χ4n) is 2.42. The van der Waals surface area contributed by atoms with E-state index in [0.717, 1.165) is 25.9 Å². The van der Waals surface area contributed by atoms with Gasteiger partial charge in [-0.1, -0.05) is 0 Å². The SMILES string of the molecule is CCN(CCc1ccncc1)C(=O)CCc1cccn1C. The van der Waals surface area contributed by atoms with Gasteiger partial charge >= 0.3 is 0 Å². The molecule has 2 rings (SSSR count). The molecule has 0 unspecified atom stereocenters. The predicted octanol–water partition coefficient (Wildman–Crippen LogP) is 2.44. The van der Waals surface area contributed by atoms with E-state index in [4.69, 9.17) is 0 Å². The molecule has 0 radical (unpaired) electrons. The van der Waals surface area contributed by atoms with Crippen LogP contribution in [0.2, 0.25) is 0 Å². The summed E-state index contributed by atoms with van der Waals surface area (Å²) in [6.45, 7) is 3.57. The highest BCUT2D eigenvalue weighted by Crippen LogP contribution is 2.07. The summed E-state index contributed by atoms with van der Waals surface area (Å²) in [5.41, 5.74) is 2.42. The lowest BCUT2D eigenvalue weighted by Gasteiger charge is -2.21. The van der Waals surface area contributed by atoms with Crippen LogP contribution < -0.4 is 0 Å². The molecule has 0 aliphatic carbocycles. The van der Waals surface area contributed by atoms with Crippen LogP contribution in [0, 0.1) is 0 Å². The average molecular weight is 285 g/mol. The van der Waals surface area contributed by atoms with Gasteiger partial charge in [-0.15, -0.1) is 0 Å². The standard InChI is InChI=1S/C17H23N3O/c1-3-20(14-10-15-8-11-18-12-9-15)17(21)7-6-16-5-4-13-19(16)2/h4-5,8-9,11-13H,3,6-7,10,14H2,1-2H3. The normalized spacial score (nSPS) is 10.6. The second kappa shape index (κ2) is 7.62. The van der Waals surface area contributed by atoms with Crippen LogP contribution in [0.3, 0.4) is 0 Å². The van der Waals surface area contributed by atoms with Crippen LogP contribution in [0.4, 0.5) is 0 Å². The number of hydrogen-bond donors (Lipinski definition) is 0. The van der Waals surface area contributed by atoms with E-state index in [9.17, 15) is 4.79 Å². The minimum atomic E-state index is 0.229. The summed E-state index contributed by atoms with van der Waals surface area (Å²) < 4.78 is 2.07. The zero-order valence-electron chi connectivity index (χ0n) is 12.8. The van der Waals surface area contributed by atoms with E-state index in [2.05, 4.69) is 15.6 Å². The van der Waals surface area contributed by atoms with Gasteiger partial charge in [0.05, 0.1) is 0 Å². The Hall–Kier alpha value is -2.10. The van der Waals surface area contributed by atoms with Crippen LogP contribution in [0.1, 0.15) is 24.6 Å². The van der Waals surface area contributed by atoms with E-state index in [1.807, 2.05) is 43.3 Å². The van der Waals surface area contributed by atoms with Crippen molar-refractivity contribution in [3.63, 3.8) is 0 Å². The number of carbonyl (C=O) groups excluding carboxylic acids is 1. The van der Waals surface area contributed by atoms with Crippen molar-refractivity contribution in [1.29, 1.82) is 0 Å². The first-order valence-corrected chi connectivity index (χ1v) is 7.47. The van der Waals surface area contributed by atoms with E-state index in [1.54, 1.807) is 12.4 Å². The van der Waals surface area contributed by atoms with Crippen LogP contribution in [-0.4, -0.2) is 33.4 Å². The third kappa shape index (κ3) is 4.45. The first-order valence-electron chi connectivity index (χ1n) is 7.47. The van der Waals surface area contributed by atoms with Crippen molar-refractivity contribution in [2.45, 2.75) is 26.2 Å². The maximum absolute atomic E-state index is 12.3. The van der Waals surface area contributed by atoms with Crippen LogP contribution in [0.25, 0.3) is 0 Å². The van der Waals surface area contributed by atoms with Crippen molar-refractivity contribution in [2.75, 3.05) is 13.1 Å². The largest absolute Gasteiger partial charge is 0.354 e. The molecule has 21 heavy (non-hydrogen) atoms. The minimum absolute atomic E-state index is 0.229. The third-order valence-corrected chi connectivity index (χ3v) is 3.80. The van der Waals surface area contributed by atoms with Gasteiger partial charge in [0, 0.05) is 50.8 Å². The highest BCUT2D eigenvalue weighted by atomic mass is 16.2. The lowest BCUT2D eigenvalue weighted by Crippen LogP contribution is -2.33. The van der Waals surface area contributed by atoms with Crippen LogP contribution in [0.5, 0.6) is 0 Å². The average Bonchev–Trinajstić information content (AvgIpc) is 2.92. The Balaban J connectivity index is 1.82. The predicted molar refractivity (Wildman–Crippen MR) is 83.9 cm³/mol. The second-order valence-corrected chi connectivity index (χ2v) is 5.19. The summed E-state index contributed by atoms with van der Waals surface area (Å²) >= 11 is 0. The number of aromatic nitrogens is 2. The van der Waals surface area contributed by atoms with Gasteiger partial charge in [-0.2, -0.15) is 0 Å². The molecule has 2 heterocycles. The molecule has 0 atom stereocenters. The maximum atomic E-state index is 12.3. The zero-order valence-corrected chi connectivity index (χ0v) is 12.8. The van der Waals surface area contributed by atoms with Crippen molar-refractivity contribution in [2.24, 2.45) is 7.05 Å². The zero-order chi connectivity index (χ0) is 15.1. The van der Waals surface area contributed by atoms with Gasteiger partial charge in [-0.05, 0) is 49.6 Å². The van der Waals surface area contributed by atoms with Crippen molar-refractivity contribution >= 4 is 5.91 Å². The molecule has 4 nitrogen and oxygen atoms in total. The number of aryl methyl sites for hydroxylation is 2. The van der Waals surface area contributed by atoms with E-state index in [1.165, 1.54) is 11.3 Å². The molecule has 0 bridgehead atoms. The van der Waals surface area contributed by atoms with E-state index in [-0.39, 0.29) is 5.91 Å². The Kier molecular flexibility index (Phi) is 5.55. The van der Waals surface area contributed by atoms with Gasteiger partial charge in [0.25, 0.3) is 0 Å². The van der Waals surface area contributed by atoms with Crippen molar-refractivity contribution in [3.05, 3.63) is 54.1 Å². The number of carbonyl (C=O) groups is 1. The highest BCUT2D eigenvalue weighted by molar-refractivity contribution is 5.76. The van der Waals surface area contributed by atoms with Gasteiger partial charge in [0.1, 0.15) is 0 Å². The first-order chi connectivity index (χ1) is 10.2. The number of hydrogen-bond acceptors (Lipinski definition) is 2. The fourth-order valence-corrected chi connectivity index (χ4v) is 2.42. The van der Waals surface area contributed by atoms with Gasteiger partial charge in [-0.3, -0.25) is 9.78 Å². The molecule has 1 amide bonds. The van der Waals surface area contributed by atoms with E-state index >= 15 is 0 Å². The van der Waals surface area contributed by atoms with Crippen LogP contribution in [0.15, 0.2) is 42.9 Å². The number of likely N-dealkylation sites (N-methyl/N-ethyl adjacent to an activating group) is 1. The molecule has 0 saturated heterocycles. The van der Waals surface area contributed by atoms with Gasteiger partial charge < -0.3 is 9.47 Å². The summed E-state index contributed by atoms with van der Waals surface area (Å²) in [6, 6.07) is 8.09. The summed E-state index contributed by atoms with van der Waals surface area (Å²) in [6.07, 6.45) is 7.86. The molecule has 2 aromatic heterocycles. The molecule has 4 heteroatoms. The molecule has 0 aliphatic rings. The summed E-state index contributed by atoms with van der Waals surface area (Å²) in [7, 11) is 2.01. The summed E-state index contributed by atoms with van der Waals surface area (Å²) in [5, 5.41) is 0. The summed E-state index contributed by atoms with van der Waals surface area (Å²) in [5.74, 6) is 0.229. The maximum Gasteiger partial charge on any atom is 0.222 e. The fraction of sp³-hybridized carbons (Fsp3) is 0.412. The topological polar surface area (TPSA) is 38.1 Å². The quantitative estimate of drug-likeness (QED) is 0.783. The molecular formula is C17H23N3O. The Labute approximate surface area is 126 Å². The Morgan fingerprint density at radius 3 is 2.62 bits per heavy atom. The van der Waals surface area contributed by atoms with Gasteiger partial charge in [0.15, 0.2) is 0 Å². The van der Waals surface area contributed by atoms with E-state index in [0.29, 0.717) is 6.42 Å². The Bertz CT molecular complexity index is 562. The van der Waals surface area contributed by atoms with Gasteiger partial charge in [0.2, 0.25) is 5.91 Å². The molecule has 112 valence electrons. The Morgan fingerprint density at radius 2 is 2.00 bits per heavy atom. The van der Waals surface area contributed by atoms with E-state index < -0.39 is 0 Å². The number of amides is 1. The smallest absolute Gasteiger partial charge is 0.222 e. The molecule has 0 aliphatic heterocycles. The molecule has 2 aromatic rings. The molecule has 0 aromatic carbocycles. The van der Waals surface area contributed by atoms with Crippen molar-refractivity contribution in [1.82, 2.24) is 14.5 Å². The second-order valence-electron chi connectivity index (χ2n) is 5.19. The molecule has 0 saturated carbocycles. The van der Waals surface area contributed by atoms with Crippen molar-refractivity contribution < 1.29 is 4.79 Å². The molecular weight excluding hydrogens is 262 g/mol. The van der Waals surface area contributed by atoms with Crippen molar-refractivity contribution in [3.8, 4) is 0 Å². The lowest BCUT2D eigenvalue weighted by atomic mass is 10.1. The lowest BCUT2D eigenvalue weighted by molar-refractivity contribution is -0.130.